The van der Waals surface area contributed by atoms with Crippen LogP contribution in [-0.4, -0.2) is 23.1 Å². The Labute approximate surface area is 169 Å². The van der Waals surface area contributed by atoms with Crippen LogP contribution in [0.25, 0.3) is 0 Å². The maximum absolute atomic E-state index is 5.77. The molecule has 1 fully saturated rings. The van der Waals surface area contributed by atoms with E-state index < -0.39 is 23.1 Å². The fraction of sp³-hybridized carbons (Fsp3) is 1.00. The van der Waals surface area contributed by atoms with Gasteiger partial charge in [0.15, 0.2) is 0 Å². The molecule has 168 valence electrons. The molecule has 1 aliphatic heterocycles. The summed E-state index contributed by atoms with van der Waals surface area (Å²) in [5, 5.41) is 0. The zero-order chi connectivity index (χ0) is 21.3. The van der Waals surface area contributed by atoms with Crippen LogP contribution < -0.4 is 0 Å². The highest BCUT2D eigenvalue weighted by atomic mass is 17.4. The average molecular weight is 409 g/mol. The molecule has 0 bridgehead atoms. The minimum absolute atomic E-state index is 0.492. The smallest absolute Gasteiger partial charge is 0.195 e. The molecule has 0 amide bonds. The molecule has 1 rings (SSSR count). The summed E-state index contributed by atoms with van der Waals surface area (Å²) < 4.78 is 0. The zero-order valence-corrected chi connectivity index (χ0v) is 18.9. The minimum atomic E-state index is -1.12. The molecule has 0 aliphatic carbocycles. The topological polar surface area (TPSA) is 73.8 Å². The summed E-state index contributed by atoms with van der Waals surface area (Å²) in [5.74, 6) is -4.49. The molecule has 1 aliphatic rings. The van der Waals surface area contributed by atoms with Crippen molar-refractivity contribution in [3.8, 4) is 0 Å². The molecule has 1 saturated heterocycles. The van der Waals surface area contributed by atoms with Gasteiger partial charge in [0, 0.05) is 51.4 Å². The fourth-order valence-electron chi connectivity index (χ4n) is 2.61. The van der Waals surface area contributed by atoms with Gasteiger partial charge in [-0.2, -0.15) is 39.1 Å². The van der Waals surface area contributed by atoms with Crippen molar-refractivity contribution in [3.63, 3.8) is 0 Å². The molecule has 0 atom stereocenters. The summed E-state index contributed by atoms with van der Waals surface area (Å²) in [6.45, 7) is 15.4. The Morgan fingerprint density at radius 1 is 0.286 bits per heavy atom. The maximum Gasteiger partial charge on any atom is 0.233 e. The predicted octanol–water partition coefficient (Wildman–Crippen LogP) is 5.86. The van der Waals surface area contributed by atoms with Gasteiger partial charge in [-0.25, -0.2) is 0 Å². The van der Waals surface area contributed by atoms with Gasteiger partial charge in [-0.05, 0) is 0 Å². The molecule has 0 spiro atoms. The first-order chi connectivity index (χ1) is 13.3. The van der Waals surface area contributed by atoms with Crippen LogP contribution in [0.4, 0.5) is 0 Å². The van der Waals surface area contributed by atoms with E-state index in [0.717, 1.165) is 0 Å². The van der Waals surface area contributed by atoms with Crippen LogP contribution in [0.15, 0.2) is 0 Å². The van der Waals surface area contributed by atoms with E-state index in [9.17, 15) is 0 Å². The molecule has 0 aromatic heterocycles. The summed E-state index contributed by atoms with van der Waals surface area (Å²) >= 11 is 0. The first-order valence-electron chi connectivity index (χ1n) is 10.8. The second kappa shape index (κ2) is 11.2. The van der Waals surface area contributed by atoms with Crippen molar-refractivity contribution in [2.45, 2.75) is 130 Å². The highest BCUT2D eigenvalue weighted by Gasteiger charge is 2.46. The summed E-state index contributed by atoms with van der Waals surface area (Å²) in [4.78, 5) is 46.1. The first-order valence-corrected chi connectivity index (χ1v) is 10.8. The first kappa shape index (κ1) is 25.7. The molecule has 8 nitrogen and oxygen atoms in total. The SMILES string of the molecule is CCC1(CC)OOC(CC)(CC)OOC(CC)(CC)OOC(CC)(CC)OO1. The lowest BCUT2D eigenvalue weighted by molar-refractivity contribution is -0.658. The Bertz CT molecular complexity index is 322. The van der Waals surface area contributed by atoms with Crippen molar-refractivity contribution in [1.29, 1.82) is 0 Å². The molecular weight excluding hydrogens is 368 g/mol. The number of hydrogen-bond donors (Lipinski definition) is 0. The fourth-order valence-corrected chi connectivity index (χ4v) is 2.61. The van der Waals surface area contributed by atoms with E-state index in [4.69, 9.17) is 39.1 Å². The van der Waals surface area contributed by atoms with Gasteiger partial charge in [0.1, 0.15) is 0 Å². The van der Waals surface area contributed by atoms with Crippen molar-refractivity contribution < 1.29 is 39.1 Å². The van der Waals surface area contributed by atoms with Crippen molar-refractivity contribution in [2.75, 3.05) is 0 Å². The van der Waals surface area contributed by atoms with Gasteiger partial charge in [-0.3, -0.25) is 0 Å². The summed E-state index contributed by atoms with van der Waals surface area (Å²) in [6.07, 6.45) is 3.94. The van der Waals surface area contributed by atoms with Gasteiger partial charge in [0.2, 0.25) is 23.1 Å². The average Bonchev–Trinajstić information content (AvgIpc) is 2.76. The maximum atomic E-state index is 5.77. The molecular formula is C20H40O8. The highest BCUT2D eigenvalue weighted by molar-refractivity contribution is 4.69. The van der Waals surface area contributed by atoms with Gasteiger partial charge in [0.05, 0.1) is 0 Å². The van der Waals surface area contributed by atoms with Crippen LogP contribution in [0.3, 0.4) is 0 Å². The third-order valence-corrected chi connectivity index (χ3v) is 5.69. The van der Waals surface area contributed by atoms with Gasteiger partial charge in [-0.1, -0.05) is 55.4 Å². The molecule has 0 aromatic rings. The molecule has 8 heteroatoms. The lowest BCUT2D eigenvalue weighted by Crippen LogP contribution is -2.49. The minimum Gasteiger partial charge on any atom is -0.195 e. The predicted molar refractivity (Wildman–Crippen MR) is 102 cm³/mol. The lowest BCUT2D eigenvalue weighted by Gasteiger charge is -2.41. The zero-order valence-electron chi connectivity index (χ0n) is 18.9. The van der Waals surface area contributed by atoms with Crippen molar-refractivity contribution in [2.24, 2.45) is 0 Å². The van der Waals surface area contributed by atoms with Gasteiger partial charge < -0.3 is 0 Å². The Balaban J connectivity index is 3.27. The summed E-state index contributed by atoms with van der Waals surface area (Å²) in [5.41, 5.74) is 0. The molecule has 0 unspecified atom stereocenters. The normalized spacial score (nSPS) is 24.9. The van der Waals surface area contributed by atoms with Crippen molar-refractivity contribution in [3.05, 3.63) is 0 Å². The Morgan fingerprint density at radius 3 is 0.464 bits per heavy atom. The molecule has 0 radical (unpaired) electrons. The lowest BCUT2D eigenvalue weighted by atomic mass is 10.1. The van der Waals surface area contributed by atoms with Gasteiger partial charge in [0.25, 0.3) is 0 Å². The van der Waals surface area contributed by atoms with E-state index in [1.165, 1.54) is 0 Å². The Hall–Kier alpha value is -0.320. The van der Waals surface area contributed by atoms with Crippen LogP contribution >= 0.6 is 0 Å². The van der Waals surface area contributed by atoms with Crippen LogP contribution in [0.2, 0.25) is 0 Å². The van der Waals surface area contributed by atoms with E-state index >= 15 is 0 Å². The monoisotopic (exact) mass is 408 g/mol. The highest BCUT2D eigenvalue weighted by Crippen LogP contribution is 2.37. The molecule has 0 aromatic carbocycles. The molecule has 0 saturated carbocycles. The summed E-state index contributed by atoms with van der Waals surface area (Å²) in [6, 6.07) is 0. The second-order valence-electron chi connectivity index (χ2n) is 7.14. The molecule has 0 N–H and O–H groups in total. The van der Waals surface area contributed by atoms with Crippen LogP contribution in [0.5, 0.6) is 0 Å². The van der Waals surface area contributed by atoms with Crippen molar-refractivity contribution in [1.82, 2.24) is 0 Å². The third-order valence-electron chi connectivity index (χ3n) is 5.69. The standard InChI is InChI=1S/C20H40O8/c1-9-17(10-2)21-23-18(11-3,12-4)25-27-20(15-7,16-8)28-26-19(13-5,14-6)24-22-17/h9-16H2,1-8H3. The van der Waals surface area contributed by atoms with E-state index in [0.29, 0.717) is 51.4 Å². The second-order valence-corrected chi connectivity index (χ2v) is 7.14. The third kappa shape index (κ3) is 5.86. The Kier molecular flexibility index (Phi) is 10.3. The van der Waals surface area contributed by atoms with E-state index in [1.807, 2.05) is 55.4 Å². The van der Waals surface area contributed by atoms with Crippen LogP contribution in [0.1, 0.15) is 107 Å². The quantitative estimate of drug-likeness (QED) is 0.463. The van der Waals surface area contributed by atoms with Gasteiger partial charge in [-0.15, -0.1) is 0 Å². The van der Waals surface area contributed by atoms with E-state index in [-0.39, 0.29) is 0 Å². The van der Waals surface area contributed by atoms with Crippen LogP contribution in [0, 0.1) is 0 Å². The van der Waals surface area contributed by atoms with Gasteiger partial charge >= 0.3 is 0 Å². The van der Waals surface area contributed by atoms with E-state index in [2.05, 4.69) is 0 Å². The van der Waals surface area contributed by atoms with Crippen LogP contribution in [-0.2, 0) is 39.1 Å². The molecule has 1 heterocycles. The molecule has 28 heavy (non-hydrogen) atoms. The number of hydrogen-bond acceptors (Lipinski definition) is 8. The van der Waals surface area contributed by atoms with Crippen molar-refractivity contribution >= 4 is 0 Å². The Morgan fingerprint density at radius 2 is 0.393 bits per heavy atom. The summed E-state index contributed by atoms with van der Waals surface area (Å²) in [7, 11) is 0. The van der Waals surface area contributed by atoms with E-state index in [1.54, 1.807) is 0 Å². The largest absolute Gasteiger partial charge is 0.233 e. The number of rotatable bonds is 8.